The Morgan fingerprint density at radius 1 is 1.25 bits per heavy atom. The van der Waals surface area contributed by atoms with Gasteiger partial charge in [-0.15, -0.1) is 0 Å². The number of ether oxygens (including phenoxy) is 1. The van der Waals surface area contributed by atoms with Crippen LogP contribution in [0.3, 0.4) is 0 Å². The fraction of sp³-hybridized carbons (Fsp3) is 0.438. The van der Waals surface area contributed by atoms with Crippen LogP contribution in [0.15, 0.2) is 35.6 Å². The summed E-state index contributed by atoms with van der Waals surface area (Å²) >= 11 is 0. The summed E-state index contributed by atoms with van der Waals surface area (Å²) in [5.41, 5.74) is 0. The van der Waals surface area contributed by atoms with E-state index in [1.165, 1.54) is 18.5 Å². The molecule has 0 spiro atoms. The largest absolute Gasteiger partial charge is 0.494 e. The van der Waals surface area contributed by atoms with Crippen molar-refractivity contribution in [2.75, 3.05) is 20.2 Å². The summed E-state index contributed by atoms with van der Waals surface area (Å²) < 4.78 is 20.0. The van der Waals surface area contributed by atoms with E-state index in [4.69, 9.17) is 4.74 Å². The van der Waals surface area contributed by atoms with Crippen LogP contribution in [0, 0.1) is 5.82 Å². The number of halogens is 1. The van der Waals surface area contributed by atoms with E-state index in [1.54, 1.807) is 23.9 Å². The van der Waals surface area contributed by atoms with Gasteiger partial charge in [-0.05, 0) is 37.1 Å². The number of benzene rings is 1. The highest BCUT2D eigenvalue weighted by molar-refractivity contribution is 5.79. The van der Waals surface area contributed by atoms with Crippen LogP contribution in [0.4, 0.5) is 4.39 Å². The molecule has 2 rings (SSSR count). The fourth-order valence-corrected chi connectivity index (χ4v) is 2.02. The van der Waals surface area contributed by atoms with E-state index >= 15 is 0 Å². The van der Waals surface area contributed by atoms with Crippen LogP contribution in [0.25, 0.3) is 0 Å². The Kier molecular flexibility index (Phi) is 7.00. The number of unbranched alkanes of at least 4 members (excludes halogenated alkanes) is 1. The molecule has 1 aromatic carbocycles. The minimum absolute atomic E-state index is 0.258. The minimum atomic E-state index is -0.258. The van der Waals surface area contributed by atoms with Gasteiger partial charge < -0.3 is 15.4 Å². The normalized spacial score (nSPS) is 11.4. The molecule has 2 N–H and O–H groups in total. The number of aromatic nitrogens is 3. The van der Waals surface area contributed by atoms with Gasteiger partial charge in [-0.1, -0.05) is 0 Å². The SMILES string of the molecule is CN=C(NCCCCOc1ccc(F)cc1)NCc1ncnn1C. The first-order valence-electron chi connectivity index (χ1n) is 7.85. The average Bonchev–Trinajstić information content (AvgIpc) is 3.00. The summed E-state index contributed by atoms with van der Waals surface area (Å²) in [7, 11) is 3.57. The lowest BCUT2D eigenvalue weighted by atomic mass is 10.3. The first-order chi connectivity index (χ1) is 11.7. The Balaban J connectivity index is 1.57. The van der Waals surface area contributed by atoms with Crippen molar-refractivity contribution in [1.82, 2.24) is 25.4 Å². The number of aryl methyl sites for hydroxylation is 1. The Labute approximate surface area is 141 Å². The second kappa shape index (κ2) is 9.49. The second-order valence-electron chi connectivity index (χ2n) is 5.16. The molecule has 0 atom stereocenters. The van der Waals surface area contributed by atoms with Crippen molar-refractivity contribution in [3.8, 4) is 5.75 Å². The van der Waals surface area contributed by atoms with E-state index < -0.39 is 0 Å². The van der Waals surface area contributed by atoms with Crippen molar-refractivity contribution < 1.29 is 9.13 Å². The molecule has 7 nitrogen and oxygen atoms in total. The van der Waals surface area contributed by atoms with E-state index in [9.17, 15) is 4.39 Å². The lowest BCUT2D eigenvalue weighted by molar-refractivity contribution is 0.306. The first-order valence-corrected chi connectivity index (χ1v) is 7.85. The zero-order chi connectivity index (χ0) is 17.2. The molecule has 0 radical (unpaired) electrons. The third-order valence-electron chi connectivity index (χ3n) is 3.39. The molecule has 1 heterocycles. The van der Waals surface area contributed by atoms with Crippen molar-refractivity contribution in [2.45, 2.75) is 19.4 Å². The summed E-state index contributed by atoms with van der Waals surface area (Å²) in [5, 5.41) is 10.4. The quantitative estimate of drug-likeness (QED) is 0.434. The smallest absolute Gasteiger partial charge is 0.191 e. The molecule has 2 aromatic rings. The molecular formula is C16H23FN6O. The van der Waals surface area contributed by atoms with E-state index in [1.807, 2.05) is 7.05 Å². The third-order valence-corrected chi connectivity index (χ3v) is 3.39. The predicted octanol–water partition coefficient (Wildman–Crippen LogP) is 1.48. The lowest BCUT2D eigenvalue weighted by Gasteiger charge is -2.11. The van der Waals surface area contributed by atoms with Crippen LogP contribution < -0.4 is 15.4 Å². The van der Waals surface area contributed by atoms with Gasteiger partial charge in [0.15, 0.2) is 5.96 Å². The van der Waals surface area contributed by atoms with Gasteiger partial charge in [-0.2, -0.15) is 5.10 Å². The molecule has 0 aliphatic carbocycles. The molecule has 0 saturated heterocycles. The molecule has 1 aromatic heterocycles. The summed E-state index contributed by atoms with van der Waals surface area (Å²) in [6.45, 7) is 1.94. The van der Waals surface area contributed by atoms with Crippen molar-refractivity contribution >= 4 is 5.96 Å². The van der Waals surface area contributed by atoms with Gasteiger partial charge in [-0.25, -0.2) is 9.37 Å². The van der Waals surface area contributed by atoms with Gasteiger partial charge in [0.25, 0.3) is 0 Å². The highest BCUT2D eigenvalue weighted by Gasteiger charge is 2.02. The number of nitrogens with one attached hydrogen (secondary N) is 2. The molecule has 0 aliphatic heterocycles. The molecule has 0 amide bonds. The highest BCUT2D eigenvalue weighted by Crippen LogP contribution is 2.11. The van der Waals surface area contributed by atoms with Gasteiger partial charge >= 0.3 is 0 Å². The summed E-state index contributed by atoms with van der Waals surface area (Å²) in [6, 6.07) is 6.05. The third kappa shape index (κ3) is 5.86. The van der Waals surface area contributed by atoms with Crippen LogP contribution in [0.2, 0.25) is 0 Å². The van der Waals surface area contributed by atoms with Gasteiger partial charge in [0, 0.05) is 20.6 Å². The highest BCUT2D eigenvalue weighted by atomic mass is 19.1. The molecule has 8 heteroatoms. The molecule has 0 bridgehead atoms. The van der Waals surface area contributed by atoms with Gasteiger partial charge in [-0.3, -0.25) is 9.67 Å². The van der Waals surface area contributed by atoms with E-state index in [2.05, 4.69) is 25.7 Å². The topological polar surface area (TPSA) is 76.4 Å². The number of nitrogens with zero attached hydrogens (tertiary/aromatic N) is 4. The summed E-state index contributed by atoms with van der Waals surface area (Å²) in [5.74, 6) is 1.99. The monoisotopic (exact) mass is 334 g/mol. The predicted molar refractivity (Wildman–Crippen MR) is 90.3 cm³/mol. The van der Waals surface area contributed by atoms with Crippen molar-refractivity contribution in [3.05, 3.63) is 42.2 Å². The van der Waals surface area contributed by atoms with Crippen molar-refractivity contribution in [3.63, 3.8) is 0 Å². The number of aliphatic imine (C=N–C) groups is 1. The maximum absolute atomic E-state index is 12.8. The second-order valence-corrected chi connectivity index (χ2v) is 5.16. The molecular weight excluding hydrogens is 311 g/mol. The summed E-state index contributed by atoms with van der Waals surface area (Å²) in [6.07, 6.45) is 3.35. The van der Waals surface area contributed by atoms with Crippen LogP contribution in [0.5, 0.6) is 5.75 Å². The number of guanidine groups is 1. The molecule has 130 valence electrons. The molecule has 0 saturated carbocycles. The maximum Gasteiger partial charge on any atom is 0.191 e. The van der Waals surface area contributed by atoms with Crippen molar-refractivity contribution in [2.24, 2.45) is 12.0 Å². The zero-order valence-corrected chi connectivity index (χ0v) is 14.0. The van der Waals surface area contributed by atoms with E-state index in [0.29, 0.717) is 18.9 Å². The fourth-order valence-electron chi connectivity index (χ4n) is 2.02. The molecule has 24 heavy (non-hydrogen) atoms. The minimum Gasteiger partial charge on any atom is -0.494 e. The Morgan fingerprint density at radius 2 is 2.04 bits per heavy atom. The van der Waals surface area contributed by atoms with Crippen LogP contribution in [-0.2, 0) is 13.6 Å². The van der Waals surface area contributed by atoms with Gasteiger partial charge in [0.1, 0.15) is 23.7 Å². The molecule has 0 aliphatic rings. The van der Waals surface area contributed by atoms with Gasteiger partial charge in [0.2, 0.25) is 0 Å². The van der Waals surface area contributed by atoms with Crippen LogP contribution in [0.1, 0.15) is 18.7 Å². The number of hydrogen-bond donors (Lipinski definition) is 2. The van der Waals surface area contributed by atoms with E-state index in [-0.39, 0.29) is 5.82 Å². The first kappa shape index (κ1) is 17.7. The van der Waals surface area contributed by atoms with Crippen LogP contribution in [-0.4, -0.2) is 40.9 Å². The van der Waals surface area contributed by atoms with Gasteiger partial charge in [0.05, 0.1) is 13.2 Å². The lowest BCUT2D eigenvalue weighted by Crippen LogP contribution is -2.37. The van der Waals surface area contributed by atoms with Crippen LogP contribution >= 0.6 is 0 Å². The molecule has 0 unspecified atom stereocenters. The molecule has 0 fully saturated rings. The Bertz CT molecular complexity index is 640. The Hall–Kier alpha value is -2.64. The van der Waals surface area contributed by atoms with Crippen molar-refractivity contribution in [1.29, 1.82) is 0 Å². The Morgan fingerprint density at radius 3 is 2.71 bits per heavy atom. The summed E-state index contributed by atoms with van der Waals surface area (Å²) in [4.78, 5) is 8.30. The zero-order valence-electron chi connectivity index (χ0n) is 14.0. The number of hydrogen-bond acceptors (Lipinski definition) is 4. The number of rotatable bonds is 8. The van der Waals surface area contributed by atoms with E-state index in [0.717, 1.165) is 31.2 Å². The average molecular weight is 334 g/mol. The standard InChI is InChI=1S/C16H23FN6O/c1-18-16(20-11-15-21-12-22-23(15)2)19-9-3-4-10-24-14-7-5-13(17)6-8-14/h5-8,12H,3-4,9-11H2,1-2H3,(H2,18,19,20). The maximum atomic E-state index is 12.8.